The molecule has 1 aromatic heterocycles. The molecule has 8 heteroatoms. The van der Waals surface area contributed by atoms with Crippen molar-refractivity contribution in [1.82, 2.24) is 14.9 Å². The molecular formula is C27H33ClN4O3. The van der Waals surface area contributed by atoms with Crippen LogP contribution in [0.1, 0.15) is 79.0 Å². The maximum Gasteiger partial charge on any atom is 0.339 e. The van der Waals surface area contributed by atoms with E-state index in [1.54, 1.807) is 45.0 Å². The number of nitrogens with zero attached hydrogens (tertiary/aromatic N) is 2. The van der Waals surface area contributed by atoms with Crippen molar-refractivity contribution in [3.05, 3.63) is 65.5 Å². The molecule has 1 atom stereocenters. The predicted octanol–water partition coefficient (Wildman–Crippen LogP) is 5.82. The number of unbranched alkanes of at least 4 members (excludes halogenated alkanes) is 1. The largest absolute Gasteiger partial charge is 0.456 e. The van der Waals surface area contributed by atoms with Crippen LogP contribution in [0.4, 0.5) is 0 Å². The highest BCUT2D eigenvalue weighted by Gasteiger charge is 2.26. The summed E-state index contributed by atoms with van der Waals surface area (Å²) in [5, 5.41) is 10.9. The van der Waals surface area contributed by atoms with Crippen molar-refractivity contribution in [2.75, 3.05) is 5.88 Å². The minimum atomic E-state index is -0.674. The van der Waals surface area contributed by atoms with Gasteiger partial charge < -0.3 is 20.0 Å². The van der Waals surface area contributed by atoms with E-state index in [-0.39, 0.29) is 29.0 Å². The summed E-state index contributed by atoms with van der Waals surface area (Å²) < 4.78 is 7.50. The van der Waals surface area contributed by atoms with Crippen LogP contribution in [0.2, 0.25) is 0 Å². The third kappa shape index (κ3) is 6.92. The molecular weight excluding hydrogens is 464 g/mol. The first-order chi connectivity index (χ1) is 16.6. The highest BCUT2D eigenvalue weighted by Crippen LogP contribution is 2.25. The van der Waals surface area contributed by atoms with Gasteiger partial charge in [-0.25, -0.2) is 9.78 Å². The first-order valence-electron chi connectivity index (χ1n) is 11.8. The molecule has 35 heavy (non-hydrogen) atoms. The van der Waals surface area contributed by atoms with Gasteiger partial charge in [0.1, 0.15) is 11.4 Å². The van der Waals surface area contributed by atoms with Crippen LogP contribution in [0, 0.1) is 5.41 Å². The average Bonchev–Trinajstić information content (AvgIpc) is 3.16. The number of aryl methyl sites for hydroxylation is 1. The number of esters is 1. The van der Waals surface area contributed by atoms with E-state index >= 15 is 0 Å². The van der Waals surface area contributed by atoms with E-state index in [2.05, 4.69) is 5.32 Å². The zero-order valence-electron chi connectivity index (χ0n) is 20.7. The molecule has 0 aliphatic carbocycles. The Balaban J connectivity index is 1.87. The van der Waals surface area contributed by atoms with Crippen LogP contribution in [0.5, 0.6) is 0 Å². The number of halogens is 1. The topological polar surface area (TPSA) is 97.1 Å². The standard InChI is InChI=1S/C27H33ClN4O3/c1-27(2,3)35-26(34)20-13-7-6-12-19(20)25(33)31-22(15-8-5-11-18(29)17-28)24-30-21-14-9-10-16-23(21)32(24)4/h6-7,9-10,12-14,16,22,29H,5,8,11,15,17H2,1-4H3,(H,31,33)/t22-/m0/s1. The van der Waals surface area contributed by atoms with Crippen LogP contribution < -0.4 is 5.32 Å². The van der Waals surface area contributed by atoms with Gasteiger partial charge in [0.15, 0.2) is 0 Å². The van der Waals surface area contributed by atoms with E-state index in [4.69, 9.17) is 26.7 Å². The van der Waals surface area contributed by atoms with Gasteiger partial charge in [0.05, 0.1) is 34.1 Å². The van der Waals surface area contributed by atoms with Gasteiger partial charge in [-0.15, -0.1) is 11.6 Å². The maximum atomic E-state index is 13.4. The number of aromatic nitrogens is 2. The van der Waals surface area contributed by atoms with Gasteiger partial charge in [-0.3, -0.25) is 4.79 Å². The molecule has 0 spiro atoms. The van der Waals surface area contributed by atoms with E-state index < -0.39 is 11.6 Å². The number of benzene rings is 2. The predicted molar refractivity (Wildman–Crippen MR) is 139 cm³/mol. The molecule has 0 radical (unpaired) electrons. The number of rotatable bonds is 10. The van der Waals surface area contributed by atoms with Crippen LogP contribution in [0.25, 0.3) is 11.0 Å². The molecule has 0 saturated carbocycles. The van der Waals surface area contributed by atoms with E-state index in [1.165, 1.54) is 0 Å². The van der Waals surface area contributed by atoms with Gasteiger partial charge in [-0.1, -0.05) is 30.7 Å². The number of para-hydroxylation sites is 2. The Labute approximate surface area is 211 Å². The summed E-state index contributed by atoms with van der Waals surface area (Å²) in [6.45, 7) is 5.37. The van der Waals surface area contributed by atoms with E-state index in [9.17, 15) is 9.59 Å². The Morgan fingerprint density at radius 3 is 2.40 bits per heavy atom. The number of alkyl halides is 1. The zero-order chi connectivity index (χ0) is 25.6. The normalized spacial score (nSPS) is 12.4. The number of hydrogen-bond acceptors (Lipinski definition) is 5. The first-order valence-corrected chi connectivity index (χ1v) is 12.3. The number of carbonyl (C=O) groups excluding carboxylic acids is 2. The molecule has 2 N–H and O–H groups in total. The van der Waals surface area contributed by atoms with Gasteiger partial charge in [-0.2, -0.15) is 0 Å². The van der Waals surface area contributed by atoms with Crippen molar-refractivity contribution >= 4 is 40.2 Å². The molecule has 0 fully saturated rings. The molecule has 7 nitrogen and oxygen atoms in total. The fourth-order valence-electron chi connectivity index (χ4n) is 3.92. The van der Waals surface area contributed by atoms with Crippen LogP contribution in [0.3, 0.4) is 0 Å². The molecule has 186 valence electrons. The molecule has 2 aromatic carbocycles. The summed E-state index contributed by atoms with van der Waals surface area (Å²) in [5.74, 6) is 0.0627. The zero-order valence-corrected chi connectivity index (χ0v) is 21.5. The van der Waals surface area contributed by atoms with Crippen LogP contribution in [-0.2, 0) is 11.8 Å². The first kappa shape index (κ1) is 26.4. The van der Waals surface area contributed by atoms with Crippen molar-refractivity contribution in [1.29, 1.82) is 5.41 Å². The Hall–Kier alpha value is -3.19. The molecule has 0 saturated heterocycles. The SMILES string of the molecule is Cn1c([C@H](CCCCC(=N)CCl)NC(=O)c2ccccc2C(=O)OC(C)(C)C)nc2ccccc21. The highest BCUT2D eigenvalue weighted by molar-refractivity contribution is 6.28. The molecule has 0 aliphatic rings. The smallest absolute Gasteiger partial charge is 0.339 e. The third-order valence-corrected chi connectivity index (χ3v) is 5.93. The quantitative estimate of drug-likeness (QED) is 0.160. The van der Waals surface area contributed by atoms with E-state index in [0.29, 0.717) is 18.6 Å². The number of fused-ring (bicyclic) bond motifs is 1. The molecule has 3 aromatic rings. The van der Waals surface area contributed by atoms with Crippen molar-refractivity contribution in [3.63, 3.8) is 0 Å². The third-order valence-electron chi connectivity index (χ3n) is 5.61. The molecule has 3 rings (SSSR count). The molecule has 1 heterocycles. The molecule has 1 amide bonds. The number of nitrogens with one attached hydrogen (secondary N) is 2. The molecule has 0 aliphatic heterocycles. The Morgan fingerprint density at radius 1 is 1.09 bits per heavy atom. The van der Waals surface area contributed by atoms with Crippen LogP contribution >= 0.6 is 11.6 Å². The Morgan fingerprint density at radius 2 is 1.74 bits per heavy atom. The van der Waals surface area contributed by atoms with Gasteiger partial charge in [0.25, 0.3) is 5.91 Å². The van der Waals surface area contributed by atoms with Crippen LogP contribution in [-0.4, -0.2) is 38.6 Å². The number of ether oxygens (including phenoxy) is 1. The minimum Gasteiger partial charge on any atom is -0.456 e. The lowest BCUT2D eigenvalue weighted by Gasteiger charge is -2.22. The second-order valence-corrected chi connectivity index (χ2v) is 9.84. The second-order valence-electron chi connectivity index (χ2n) is 9.57. The van der Waals surface area contributed by atoms with Gasteiger partial charge in [0, 0.05) is 12.8 Å². The monoisotopic (exact) mass is 496 g/mol. The summed E-state index contributed by atoms with van der Waals surface area (Å²) in [4.78, 5) is 31.0. The van der Waals surface area contributed by atoms with Gasteiger partial charge in [0.2, 0.25) is 0 Å². The van der Waals surface area contributed by atoms with Crippen molar-refractivity contribution < 1.29 is 14.3 Å². The van der Waals surface area contributed by atoms with E-state index in [1.807, 2.05) is 35.9 Å². The summed E-state index contributed by atoms with van der Waals surface area (Å²) >= 11 is 5.74. The summed E-state index contributed by atoms with van der Waals surface area (Å²) in [6, 6.07) is 14.1. The molecule has 0 bridgehead atoms. The van der Waals surface area contributed by atoms with Crippen molar-refractivity contribution in [2.45, 2.75) is 58.1 Å². The van der Waals surface area contributed by atoms with E-state index in [0.717, 1.165) is 29.7 Å². The van der Waals surface area contributed by atoms with Crippen LogP contribution in [0.15, 0.2) is 48.5 Å². The van der Waals surface area contributed by atoms with Crippen molar-refractivity contribution in [2.24, 2.45) is 7.05 Å². The minimum absolute atomic E-state index is 0.222. The maximum absolute atomic E-state index is 13.4. The molecule has 0 unspecified atom stereocenters. The second kappa shape index (κ2) is 11.5. The van der Waals surface area contributed by atoms with Gasteiger partial charge in [-0.05, 0) is 64.3 Å². The van der Waals surface area contributed by atoms with Gasteiger partial charge >= 0.3 is 5.97 Å². The fraction of sp³-hybridized carbons (Fsp3) is 0.407. The Bertz CT molecular complexity index is 1210. The average molecular weight is 497 g/mol. The summed E-state index contributed by atoms with van der Waals surface area (Å²) in [7, 11) is 1.93. The number of amides is 1. The fourth-order valence-corrected chi connectivity index (χ4v) is 4.06. The Kier molecular flexibility index (Phi) is 8.67. The lowest BCUT2D eigenvalue weighted by molar-refractivity contribution is 0.00674. The lowest BCUT2D eigenvalue weighted by Crippen LogP contribution is -2.32. The summed E-state index contributed by atoms with van der Waals surface area (Å²) in [5.41, 5.74) is 2.13. The summed E-state index contributed by atoms with van der Waals surface area (Å²) in [6.07, 6.45) is 2.82. The number of imidazole rings is 1. The lowest BCUT2D eigenvalue weighted by atomic mass is 10.0. The number of carbonyl (C=O) groups is 2. The highest BCUT2D eigenvalue weighted by atomic mass is 35.5. The van der Waals surface area contributed by atoms with Crippen molar-refractivity contribution in [3.8, 4) is 0 Å². The number of hydrogen-bond donors (Lipinski definition) is 2.